The summed E-state index contributed by atoms with van der Waals surface area (Å²) >= 11 is 6.97. The molecule has 1 aliphatic heterocycles. The van der Waals surface area contributed by atoms with Gasteiger partial charge in [-0.2, -0.15) is 8.75 Å². The second kappa shape index (κ2) is 3.92. The van der Waals surface area contributed by atoms with E-state index >= 15 is 0 Å². The average Bonchev–Trinajstić information content (AvgIpc) is 2.88. The van der Waals surface area contributed by atoms with Gasteiger partial charge in [0, 0.05) is 5.56 Å². The highest BCUT2D eigenvalue weighted by molar-refractivity contribution is 6.99. The van der Waals surface area contributed by atoms with Crippen molar-refractivity contribution in [3.05, 3.63) is 35.0 Å². The van der Waals surface area contributed by atoms with Crippen LogP contribution >= 0.6 is 23.3 Å². The molecular formula is C10H8ClN3OS. The first-order valence-corrected chi connectivity index (χ1v) is 5.92. The molecule has 1 aromatic carbocycles. The number of aromatic nitrogens is 2. The molecule has 2 aromatic rings. The fourth-order valence-electron chi connectivity index (χ4n) is 1.71. The number of nitrogens with zero attached hydrogens (tertiary/aromatic N) is 2. The van der Waals surface area contributed by atoms with Crippen LogP contribution in [0.4, 0.5) is 5.82 Å². The number of halogens is 1. The van der Waals surface area contributed by atoms with E-state index in [0.29, 0.717) is 17.6 Å². The minimum absolute atomic E-state index is 0.0950. The van der Waals surface area contributed by atoms with Crippen molar-refractivity contribution in [1.82, 2.24) is 8.75 Å². The van der Waals surface area contributed by atoms with Gasteiger partial charge in [-0.05, 0) is 6.07 Å². The lowest BCUT2D eigenvalue weighted by atomic mass is 10.1. The monoisotopic (exact) mass is 253 g/mol. The minimum Gasteiger partial charge on any atom is -0.491 e. The Morgan fingerprint density at radius 1 is 1.38 bits per heavy atom. The molecule has 1 aromatic heterocycles. The summed E-state index contributed by atoms with van der Waals surface area (Å²) in [5.74, 6) is 1.54. The van der Waals surface area contributed by atoms with Gasteiger partial charge in [0.2, 0.25) is 0 Å². The molecule has 0 saturated heterocycles. The predicted octanol–water partition coefficient (Wildman–Crippen LogP) is 2.74. The summed E-state index contributed by atoms with van der Waals surface area (Å²) in [4.78, 5) is 0. The van der Waals surface area contributed by atoms with Crippen molar-refractivity contribution >= 4 is 29.1 Å². The summed E-state index contributed by atoms with van der Waals surface area (Å²) in [6.45, 7) is 0.590. The van der Waals surface area contributed by atoms with Crippen molar-refractivity contribution in [3.8, 4) is 5.75 Å². The molecule has 0 bridgehead atoms. The maximum atomic E-state index is 5.88. The van der Waals surface area contributed by atoms with Crippen LogP contribution in [0.25, 0.3) is 0 Å². The van der Waals surface area contributed by atoms with Crippen LogP contribution in [0.5, 0.6) is 5.75 Å². The lowest BCUT2D eigenvalue weighted by Crippen LogP contribution is -2.12. The first kappa shape index (κ1) is 9.86. The zero-order valence-electron chi connectivity index (χ0n) is 8.18. The van der Waals surface area contributed by atoms with Crippen LogP contribution in [0.2, 0.25) is 5.15 Å². The third-order valence-electron chi connectivity index (χ3n) is 2.46. The number of hydrogen-bond acceptors (Lipinski definition) is 5. The Balaban J connectivity index is 1.86. The molecule has 0 amide bonds. The third kappa shape index (κ3) is 1.62. The molecule has 1 aliphatic rings. The van der Waals surface area contributed by atoms with Gasteiger partial charge in [-0.15, -0.1) is 0 Å². The number of hydrogen-bond donors (Lipinski definition) is 1. The van der Waals surface area contributed by atoms with E-state index in [1.54, 1.807) is 0 Å². The van der Waals surface area contributed by atoms with E-state index in [1.807, 2.05) is 24.3 Å². The molecule has 2 heterocycles. The summed E-state index contributed by atoms with van der Waals surface area (Å²) < 4.78 is 13.5. The average molecular weight is 254 g/mol. The van der Waals surface area contributed by atoms with Gasteiger partial charge in [0.05, 0.1) is 17.8 Å². The summed E-state index contributed by atoms with van der Waals surface area (Å²) in [6, 6.07) is 8.03. The smallest absolute Gasteiger partial charge is 0.186 e. The number of rotatable bonds is 2. The SMILES string of the molecule is Clc1nsnc1NC1COc2ccccc21. The van der Waals surface area contributed by atoms with E-state index in [9.17, 15) is 0 Å². The quantitative estimate of drug-likeness (QED) is 0.894. The second-order valence-corrected chi connectivity index (χ2v) is 4.34. The van der Waals surface area contributed by atoms with Crippen LogP contribution in [-0.2, 0) is 0 Å². The van der Waals surface area contributed by atoms with E-state index in [2.05, 4.69) is 14.1 Å². The Kier molecular flexibility index (Phi) is 2.41. The first-order chi connectivity index (χ1) is 7.84. The third-order valence-corrected chi connectivity index (χ3v) is 3.35. The van der Waals surface area contributed by atoms with Gasteiger partial charge < -0.3 is 10.1 Å². The van der Waals surface area contributed by atoms with Crippen LogP contribution < -0.4 is 10.1 Å². The van der Waals surface area contributed by atoms with Crippen molar-refractivity contribution in [2.24, 2.45) is 0 Å². The zero-order chi connectivity index (χ0) is 11.0. The fraction of sp³-hybridized carbons (Fsp3) is 0.200. The first-order valence-electron chi connectivity index (χ1n) is 4.81. The van der Waals surface area contributed by atoms with Crippen molar-refractivity contribution in [2.45, 2.75) is 6.04 Å². The molecule has 0 fully saturated rings. The molecule has 1 N–H and O–H groups in total. The minimum atomic E-state index is 0.0950. The van der Waals surface area contributed by atoms with Gasteiger partial charge in [-0.3, -0.25) is 0 Å². The number of fused-ring (bicyclic) bond motifs is 1. The summed E-state index contributed by atoms with van der Waals surface area (Å²) in [7, 11) is 0. The van der Waals surface area contributed by atoms with Crippen LogP contribution in [0.15, 0.2) is 24.3 Å². The summed E-state index contributed by atoms with van der Waals surface area (Å²) in [5.41, 5.74) is 1.13. The molecule has 1 atom stereocenters. The van der Waals surface area contributed by atoms with Crippen LogP contribution in [-0.4, -0.2) is 15.4 Å². The molecule has 4 nitrogen and oxygen atoms in total. The van der Waals surface area contributed by atoms with Crippen molar-refractivity contribution in [2.75, 3.05) is 11.9 Å². The molecule has 1 unspecified atom stereocenters. The zero-order valence-corrected chi connectivity index (χ0v) is 9.76. The maximum Gasteiger partial charge on any atom is 0.186 e. The predicted molar refractivity (Wildman–Crippen MR) is 63.2 cm³/mol. The molecule has 16 heavy (non-hydrogen) atoms. The van der Waals surface area contributed by atoms with E-state index in [-0.39, 0.29) is 6.04 Å². The molecule has 3 rings (SSSR count). The maximum absolute atomic E-state index is 5.88. The Labute approximate surface area is 102 Å². The molecular weight excluding hydrogens is 246 g/mol. The highest BCUT2D eigenvalue weighted by Crippen LogP contribution is 2.34. The highest BCUT2D eigenvalue weighted by Gasteiger charge is 2.24. The van der Waals surface area contributed by atoms with Crippen LogP contribution in [0.1, 0.15) is 11.6 Å². The van der Waals surface area contributed by atoms with Crippen molar-refractivity contribution in [1.29, 1.82) is 0 Å². The lowest BCUT2D eigenvalue weighted by Gasteiger charge is -2.10. The molecule has 0 radical (unpaired) electrons. The molecule has 82 valence electrons. The van der Waals surface area contributed by atoms with Gasteiger partial charge in [0.15, 0.2) is 11.0 Å². The Morgan fingerprint density at radius 2 is 2.25 bits per heavy atom. The number of ether oxygens (including phenoxy) is 1. The van der Waals surface area contributed by atoms with Crippen LogP contribution in [0.3, 0.4) is 0 Å². The van der Waals surface area contributed by atoms with Gasteiger partial charge in [0.1, 0.15) is 12.4 Å². The number of anilines is 1. The van der Waals surface area contributed by atoms with Gasteiger partial charge >= 0.3 is 0 Å². The second-order valence-electron chi connectivity index (χ2n) is 3.45. The van der Waals surface area contributed by atoms with Crippen molar-refractivity contribution in [3.63, 3.8) is 0 Å². The molecule has 0 spiro atoms. The number of benzene rings is 1. The summed E-state index contributed by atoms with van der Waals surface area (Å²) in [5, 5.41) is 3.64. The van der Waals surface area contributed by atoms with Gasteiger partial charge in [-0.1, -0.05) is 29.8 Å². The number of nitrogens with one attached hydrogen (secondary N) is 1. The Bertz CT molecular complexity index is 516. The van der Waals surface area contributed by atoms with Crippen LogP contribution in [0, 0.1) is 0 Å². The highest BCUT2D eigenvalue weighted by atomic mass is 35.5. The Morgan fingerprint density at radius 3 is 3.06 bits per heavy atom. The van der Waals surface area contributed by atoms with Gasteiger partial charge in [0.25, 0.3) is 0 Å². The lowest BCUT2D eigenvalue weighted by molar-refractivity contribution is 0.339. The topological polar surface area (TPSA) is 47.0 Å². The van der Waals surface area contributed by atoms with Gasteiger partial charge in [-0.25, -0.2) is 0 Å². The van der Waals surface area contributed by atoms with E-state index in [1.165, 1.54) is 0 Å². The van der Waals surface area contributed by atoms with E-state index in [0.717, 1.165) is 23.0 Å². The molecule has 6 heteroatoms. The van der Waals surface area contributed by atoms with E-state index < -0.39 is 0 Å². The number of para-hydroxylation sites is 1. The standard InChI is InChI=1S/C10H8ClN3OS/c11-9-10(14-16-13-9)12-7-5-15-8-4-2-1-3-6(7)8/h1-4,7H,5H2,(H,12,14). The normalized spacial score (nSPS) is 17.9. The Hall–Kier alpha value is -1.33. The fourth-order valence-corrected chi connectivity index (χ4v) is 2.37. The largest absolute Gasteiger partial charge is 0.491 e. The van der Waals surface area contributed by atoms with Crippen molar-refractivity contribution < 1.29 is 4.74 Å². The summed E-state index contributed by atoms with van der Waals surface area (Å²) in [6.07, 6.45) is 0. The molecule has 0 saturated carbocycles. The molecule has 0 aliphatic carbocycles. The van der Waals surface area contributed by atoms with E-state index in [4.69, 9.17) is 16.3 Å².